The quantitative estimate of drug-likeness (QED) is 0.850. The topological polar surface area (TPSA) is 34.2 Å². The summed E-state index contributed by atoms with van der Waals surface area (Å²) in [6, 6.07) is 9.45. The second kappa shape index (κ2) is 7.74. The minimum atomic E-state index is -0.266. The lowest BCUT2D eigenvalue weighted by atomic mass is 9.99. The first-order valence-corrected chi connectivity index (χ1v) is 7.18. The zero-order valence-electron chi connectivity index (χ0n) is 12.5. The summed E-state index contributed by atoms with van der Waals surface area (Å²) in [5.74, 6) is 0.0318. The highest BCUT2D eigenvalue weighted by atomic mass is 19.1. The first kappa shape index (κ1) is 15.4. The lowest BCUT2D eigenvalue weighted by Crippen LogP contribution is -2.33. The van der Waals surface area contributed by atoms with Crippen molar-refractivity contribution in [2.24, 2.45) is 0 Å². The molecule has 4 heteroatoms. The molecule has 1 unspecified atom stereocenters. The Kier molecular flexibility index (Phi) is 5.69. The van der Waals surface area contributed by atoms with E-state index < -0.39 is 0 Å². The summed E-state index contributed by atoms with van der Waals surface area (Å²) >= 11 is 0. The Balaban J connectivity index is 2.13. The first-order chi connectivity index (χ1) is 10.2. The van der Waals surface area contributed by atoms with Crippen LogP contribution in [0.5, 0.6) is 5.75 Å². The molecule has 1 atom stereocenters. The van der Waals surface area contributed by atoms with Crippen LogP contribution in [0.4, 0.5) is 4.39 Å². The molecule has 0 radical (unpaired) electrons. The monoisotopic (exact) mass is 288 g/mol. The minimum Gasteiger partial charge on any atom is -0.494 e. The summed E-state index contributed by atoms with van der Waals surface area (Å²) in [7, 11) is 1.49. The van der Waals surface area contributed by atoms with Crippen molar-refractivity contribution in [3.05, 3.63) is 59.7 Å². The number of halogens is 1. The van der Waals surface area contributed by atoms with Gasteiger partial charge in [0.2, 0.25) is 0 Å². The number of pyridine rings is 1. The number of nitrogens with one attached hydrogen (secondary N) is 1. The van der Waals surface area contributed by atoms with E-state index in [9.17, 15) is 4.39 Å². The maximum Gasteiger partial charge on any atom is 0.168 e. The number of methoxy groups -OCH3 is 1. The van der Waals surface area contributed by atoms with Crippen molar-refractivity contribution >= 4 is 0 Å². The molecule has 2 aromatic rings. The van der Waals surface area contributed by atoms with Gasteiger partial charge in [-0.25, -0.2) is 4.39 Å². The molecule has 1 aromatic carbocycles. The van der Waals surface area contributed by atoms with Crippen LogP contribution >= 0.6 is 0 Å². The summed E-state index contributed by atoms with van der Waals surface area (Å²) in [4.78, 5) is 4.02. The van der Waals surface area contributed by atoms with Crippen molar-refractivity contribution in [2.45, 2.75) is 25.8 Å². The highest BCUT2D eigenvalue weighted by Crippen LogP contribution is 2.21. The van der Waals surface area contributed by atoms with Gasteiger partial charge in [0, 0.05) is 18.4 Å². The van der Waals surface area contributed by atoms with Crippen LogP contribution in [-0.4, -0.2) is 24.7 Å². The molecule has 0 bridgehead atoms. The van der Waals surface area contributed by atoms with E-state index in [0.29, 0.717) is 17.7 Å². The van der Waals surface area contributed by atoms with Crippen LogP contribution in [0.25, 0.3) is 0 Å². The zero-order chi connectivity index (χ0) is 15.1. The predicted molar refractivity (Wildman–Crippen MR) is 82.1 cm³/mol. The van der Waals surface area contributed by atoms with Crippen molar-refractivity contribution < 1.29 is 9.13 Å². The van der Waals surface area contributed by atoms with Crippen molar-refractivity contribution in [3.63, 3.8) is 0 Å². The predicted octanol–water partition coefficient (Wildman–Crippen LogP) is 2.99. The van der Waals surface area contributed by atoms with Gasteiger partial charge in [0.1, 0.15) is 0 Å². The van der Waals surface area contributed by atoms with Crippen LogP contribution in [0.2, 0.25) is 0 Å². The molecule has 0 amide bonds. The normalized spacial score (nSPS) is 12.1. The Morgan fingerprint density at radius 1 is 1.19 bits per heavy atom. The number of nitrogens with zero attached hydrogens (tertiary/aromatic N) is 1. The lowest BCUT2D eigenvalue weighted by Gasteiger charge is -2.19. The number of hydrogen-bond donors (Lipinski definition) is 1. The van der Waals surface area contributed by atoms with Gasteiger partial charge >= 0.3 is 0 Å². The van der Waals surface area contributed by atoms with Gasteiger partial charge in [-0.1, -0.05) is 19.1 Å². The van der Waals surface area contributed by atoms with Crippen LogP contribution < -0.4 is 10.1 Å². The molecule has 1 aromatic heterocycles. The van der Waals surface area contributed by atoms with Crippen molar-refractivity contribution in [1.82, 2.24) is 10.3 Å². The van der Waals surface area contributed by atoms with E-state index in [0.717, 1.165) is 13.0 Å². The maximum atomic E-state index is 14.2. The van der Waals surface area contributed by atoms with Gasteiger partial charge in [0.05, 0.1) is 7.11 Å². The number of ether oxygens (including phenoxy) is 1. The van der Waals surface area contributed by atoms with E-state index in [1.54, 1.807) is 18.5 Å². The van der Waals surface area contributed by atoms with Crippen molar-refractivity contribution in [1.29, 1.82) is 0 Å². The third-order valence-electron chi connectivity index (χ3n) is 3.45. The zero-order valence-corrected chi connectivity index (χ0v) is 12.5. The van der Waals surface area contributed by atoms with Crippen LogP contribution in [0, 0.1) is 5.82 Å². The molecular weight excluding hydrogens is 267 g/mol. The fraction of sp³-hybridized carbons (Fsp3) is 0.353. The minimum absolute atomic E-state index is 0.180. The molecule has 0 aliphatic heterocycles. The summed E-state index contributed by atoms with van der Waals surface area (Å²) < 4.78 is 19.3. The summed E-state index contributed by atoms with van der Waals surface area (Å²) in [5.41, 5.74) is 1.87. The average Bonchev–Trinajstić information content (AvgIpc) is 2.50. The Morgan fingerprint density at radius 3 is 2.62 bits per heavy atom. The average molecular weight is 288 g/mol. The van der Waals surface area contributed by atoms with Crippen molar-refractivity contribution in [3.8, 4) is 5.75 Å². The third-order valence-corrected chi connectivity index (χ3v) is 3.45. The smallest absolute Gasteiger partial charge is 0.168 e. The Labute approximate surface area is 125 Å². The van der Waals surface area contributed by atoms with Gasteiger partial charge in [0.15, 0.2) is 11.6 Å². The Morgan fingerprint density at radius 2 is 1.95 bits per heavy atom. The van der Waals surface area contributed by atoms with Crippen molar-refractivity contribution in [2.75, 3.05) is 13.7 Å². The molecule has 112 valence electrons. The second-order valence-corrected chi connectivity index (χ2v) is 4.95. The molecule has 0 aliphatic rings. The standard InChI is InChI=1S/C17H21FN2O/c1-3-20-15(11-13-7-9-19-10-8-13)12-14-5-4-6-16(21-2)17(14)18/h4-10,15,20H,3,11-12H2,1-2H3. The number of rotatable bonds is 7. The highest BCUT2D eigenvalue weighted by Gasteiger charge is 2.14. The second-order valence-electron chi connectivity index (χ2n) is 4.95. The molecule has 0 fully saturated rings. The largest absolute Gasteiger partial charge is 0.494 e. The first-order valence-electron chi connectivity index (χ1n) is 7.18. The fourth-order valence-electron chi connectivity index (χ4n) is 2.45. The molecule has 0 aliphatic carbocycles. The van der Waals surface area contributed by atoms with Gasteiger partial charge in [0.25, 0.3) is 0 Å². The van der Waals surface area contributed by atoms with E-state index >= 15 is 0 Å². The summed E-state index contributed by atoms with van der Waals surface area (Å²) in [6.07, 6.45) is 5.03. The SMILES string of the molecule is CCNC(Cc1ccncc1)Cc1cccc(OC)c1F. The Hall–Kier alpha value is -1.94. The van der Waals surface area contributed by atoms with Gasteiger partial charge in [-0.15, -0.1) is 0 Å². The van der Waals surface area contributed by atoms with Crippen LogP contribution in [0.15, 0.2) is 42.7 Å². The van der Waals surface area contributed by atoms with Crippen LogP contribution in [-0.2, 0) is 12.8 Å². The van der Waals surface area contributed by atoms with E-state index in [-0.39, 0.29) is 11.9 Å². The molecule has 1 heterocycles. The molecule has 0 saturated heterocycles. The van der Waals surface area contributed by atoms with Gasteiger partial charge in [-0.2, -0.15) is 0 Å². The van der Waals surface area contributed by atoms with Gasteiger partial charge < -0.3 is 10.1 Å². The Bertz CT molecular complexity index is 560. The van der Waals surface area contributed by atoms with E-state index in [4.69, 9.17) is 4.74 Å². The number of benzene rings is 1. The summed E-state index contributed by atoms with van der Waals surface area (Å²) in [6.45, 7) is 2.91. The van der Waals surface area contributed by atoms with E-state index in [2.05, 4.69) is 17.2 Å². The maximum absolute atomic E-state index is 14.2. The van der Waals surface area contributed by atoms with Gasteiger partial charge in [-0.3, -0.25) is 4.98 Å². The number of aromatic nitrogens is 1. The molecule has 1 N–H and O–H groups in total. The fourth-order valence-corrected chi connectivity index (χ4v) is 2.45. The molecule has 2 rings (SSSR count). The van der Waals surface area contributed by atoms with Gasteiger partial charge in [-0.05, 0) is 48.7 Å². The van der Waals surface area contributed by atoms with Crippen LogP contribution in [0.1, 0.15) is 18.1 Å². The van der Waals surface area contributed by atoms with E-state index in [1.807, 2.05) is 24.3 Å². The van der Waals surface area contributed by atoms with Crippen LogP contribution in [0.3, 0.4) is 0 Å². The molecule has 3 nitrogen and oxygen atoms in total. The molecular formula is C17H21FN2O. The molecule has 21 heavy (non-hydrogen) atoms. The molecule has 0 saturated carbocycles. The number of hydrogen-bond acceptors (Lipinski definition) is 3. The third kappa shape index (κ3) is 4.26. The lowest BCUT2D eigenvalue weighted by molar-refractivity contribution is 0.382. The summed E-state index contributed by atoms with van der Waals surface area (Å²) in [5, 5.41) is 3.42. The number of likely N-dealkylation sites (N-methyl/N-ethyl adjacent to an activating group) is 1. The molecule has 0 spiro atoms. The van der Waals surface area contributed by atoms with E-state index in [1.165, 1.54) is 12.7 Å². The highest BCUT2D eigenvalue weighted by molar-refractivity contribution is 5.31.